The fourth-order valence-corrected chi connectivity index (χ4v) is 4.58. The van der Waals surface area contributed by atoms with Gasteiger partial charge in [0.25, 0.3) is 0 Å². The minimum atomic E-state index is -0.0513. The molecule has 0 radical (unpaired) electrons. The monoisotopic (exact) mass is 492 g/mol. The van der Waals surface area contributed by atoms with Gasteiger partial charge < -0.3 is 15.4 Å². The number of carbonyl (C=O) groups excluding carboxylic acids is 1. The van der Waals surface area contributed by atoms with Crippen molar-refractivity contribution < 1.29 is 9.53 Å². The molecule has 156 valence electrons. The van der Waals surface area contributed by atoms with Crippen molar-refractivity contribution in [3.8, 4) is 0 Å². The van der Waals surface area contributed by atoms with Crippen molar-refractivity contribution in [1.82, 2.24) is 15.5 Å². The number of likely N-dealkylation sites (tertiary alicyclic amines) is 1. The Morgan fingerprint density at radius 3 is 2.52 bits per heavy atom. The van der Waals surface area contributed by atoms with E-state index in [-0.39, 0.29) is 36.0 Å². The standard InChI is InChI=1S/C20H36N4O2.HI/c1-21-20(22-13-6-11-19(25)26-18-9-4-5-10-18)23-16-12-14-24(15-16)17-7-2-3-8-17;/h16-18H,2-15H2,1H3,(H2,21,22,23);1H. The molecule has 0 bridgehead atoms. The molecular weight excluding hydrogens is 455 g/mol. The molecule has 0 aromatic rings. The number of halogens is 1. The fourth-order valence-electron chi connectivity index (χ4n) is 4.58. The molecule has 3 aliphatic rings. The molecule has 0 aromatic heterocycles. The molecule has 1 saturated heterocycles. The molecular formula is C20H37IN4O2. The summed E-state index contributed by atoms with van der Waals surface area (Å²) in [7, 11) is 1.81. The summed E-state index contributed by atoms with van der Waals surface area (Å²) in [5, 5.41) is 6.89. The Morgan fingerprint density at radius 1 is 1.11 bits per heavy atom. The Balaban J connectivity index is 0.00000261. The average Bonchev–Trinajstić information content (AvgIpc) is 3.39. The van der Waals surface area contributed by atoms with E-state index in [1.807, 2.05) is 7.05 Å². The SMILES string of the molecule is CN=C(NCCCC(=O)OC1CCCC1)NC1CCN(C2CCCC2)C1.I. The third-order valence-electron chi connectivity index (χ3n) is 6.08. The van der Waals surface area contributed by atoms with Gasteiger partial charge in [0.15, 0.2) is 5.96 Å². The number of aliphatic imine (C=N–C) groups is 1. The van der Waals surface area contributed by atoms with Crippen molar-refractivity contribution in [3.63, 3.8) is 0 Å². The first-order valence-electron chi connectivity index (χ1n) is 10.7. The van der Waals surface area contributed by atoms with Gasteiger partial charge in [-0.05, 0) is 51.4 Å². The van der Waals surface area contributed by atoms with E-state index in [1.54, 1.807) is 0 Å². The predicted octanol–water partition coefficient (Wildman–Crippen LogP) is 3.05. The lowest BCUT2D eigenvalue weighted by molar-refractivity contribution is -0.148. The van der Waals surface area contributed by atoms with Crippen LogP contribution in [-0.2, 0) is 9.53 Å². The molecule has 2 aliphatic carbocycles. The maximum atomic E-state index is 11.9. The first kappa shape index (κ1) is 22.7. The summed E-state index contributed by atoms with van der Waals surface area (Å²) in [5.74, 6) is 0.803. The van der Waals surface area contributed by atoms with Gasteiger partial charge in [-0.25, -0.2) is 0 Å². The van der Waals surface area contributed by atoms with Gasteiger partial charge in [0.05, 0.1) is 0 Å². The maximum Gasteiger partial charge on any atom is 0.306 e. The van der Waals surface area contributed by atoms with E-state index in [2.05, 4.69) is 20.5 Å². The van der Waals surface area contributed by atoms with Crippen LogP contribution in [0.4, 0.5) is 0 Å². The maximum absolute atomic E-state index is 11.9. The molecule has 0 spiro atoms. The topological polar surface area (TPSA) is 66.0 Å². The molecule has 1 heterocycles. The van der Waals surface area contributed by atoms with Crippen molar-refractivity contribution in [2.45, 2.75) is 88.8 Å². The van der Waals surface area contributed by atoms with Crippen LogP contribution in [0.2, 0.25) is 0 Å². The van der Waals surface area contributed by atoms with Crippen molar-refractivity contribution in [1.29, 1.82) is 0 Å². The second-order valence-electron chi connectivity index (χ2n) is 8.06. The Hall–Kier alpha value is -0.570. The minimum absolute atomic E-state index is 0. The van der Waals surface area contributed by atoms with E-state index in [0.29, 0.717) is 12.5 Å². The van der Waals surface area contributed by atoms with Gasteiger partial charge in [0.2, 0.25) is 0 Å². The number of guanidine groups is 1. The van der Waals surface area contributed by atoms with Gasteiger partial charge in [0, 0.05) is 45.2 Å². The third-order valence-corrected chi connectivity index (χ3v) is 6.08. The second kappa shape index (κ2) is 12.1. The Labute approximate surface area is 181 Å². The molecule has 0 amide bonds. The predicted molar refractivity (Wildman–Crippen MR) is 120 cm³/mol. The molecule has 2 N–H and O–H groups in total. The van der Waals surface area contributed by atoms with E-state index in [1.165, 1.54) is 51.5 Å². The van der Waals surface area contributed by atoms with Gasteiger partial charge in [0.1, 0.15) is 6.10 Å². The summed E-state index contributed by atoms with van der Waals surface area (Å²) in [4.78, 5) is 18.8. The molecule has 3 rings (SSSR count). The molecule has 7 heteroatoms. The molecule has 1 aliphatic heterocycles. The number of nitrogens with zero attached hydrogens (tertiary/aromatic N) is 2. The molecule has 1 unspecified atom stereocenters. The summed E-state index contributed by atoms with van der Waals surface area (Å²) in [6, 6.07) is 1.29. The molecule has 1 atom stereocenters. The highest BCUT2D eigenvalue weighted by molar-refractivity contribution is 14.0. The number of rotatable bonds is 7. The van der Waals surface area contributed by atoms with Gasteiger partial charge in [-0.15, -0.1) is 24.0 Å². The van der Waals surface area contributed by atoms with Crippen LogP contribution in [0, 0.1) is 0 Å². The zero-order valence-corrected chi connectivity index (χ0v) is 19.1. The van der Waals surface area contributed by atoms with Crippen molar-refractivity contribution in [2.24, 2.45) is 4.99 Å². The van der Waals surface area contributed by atoms with Crippen molar-refractivity contribution >= 4 is 35.9 Å². The molecule has 3 fully saturated rings. The van der Waals surface area contributed by atoms with Gasteiger partial charge in [-0.1, -0.05) is 12.8 Å². The van der Waals surface area contributed by atoms with Crippen LogP contribution in [-0.4, -0.2) is 61.7 Å². The average molecular weight is 492 g/mol. The lowest BCUT2D eigenvalue weighted by atomic mass is 10.2. The Kier molecular flexibility index (Phi) is 10.2. The number of ether oxygens (including phenoxy) is 1. The number of nitrogens with one attached hydrogen (secondary N) is 2. The molecule has 27 heavy (non-hydrogen) atoms. The highest BCUT2D eigenvalue weighted by Gasteiger charge is 2.30. The van der Waals surface area contributed by atoms with Crippen LogP contribution in [0.3, 0.4) is 0 Å². The van der Waals surface area contributed by atoms with Crippen LogP contribution in [0.15, 0.2) is 4.99 Å². The van der Waals surface area contributed by atoms with Crippen LogP contribution in [0.5, 0.6) is 0 Å². The molecule has 6 nitrogen and oxygen atoms in total. The summed E-state index contributed by atoms with van der Waals surface area (Å²) in [6.45, 7) is 3.07. The molecule has 0 aromatic carbocycles. The third kappa shape index (κ3) is 7.40. The highest BCUT2D eigenvalue weighted by Crippen LogP contribution is 2.26. The zero-order valence-electron chi connectivity index (χ0n) is 16.8. The summed E-state index contributed by atoms with van der Waals surface area (Å²) < 4.78 is 5.49. The first-order valence-corrected chi connectivity index (χ1v) is 10.7. The summed E-state index contributed by atoms with van der Waals surface area (Å²) >= 11 is 0. The molecule has 2 saturated carbocycles. The first-order chi connectivity index (χ1) is 12.7. The van der Waals surface area contributed by atoms with Crippen molar-refractivity contribution in [3.05, 3.63) is 0 Å². The van der Waals surface area contributed by atoms with Crippen LogP contribution in [0.1, 0.15) is 70.6 Å². The number of esters is 1. The number of hydrogen-bond acceptors (Lipinski definition) is 4. The Bertz CT molecular complexity index is 477. The van der Waals surface area contributed by atoms with E-state index in [4.69, 9.17) is 4.74 Å². The zero-order chi connectivity index (χ0) is 18.2. The van der Waals surface area contributed by atoms with Gasteiger partial charge >= 0.3 is 5.97 Å². The summed E-state index contributed by atoms with van der Waals surface area (Å²) in [5.41, 5.74) is 0. The second-order valence-corrected chi connectivity index (χ2v) is 8.06. The van der Waals surface area contributed by atoms with E-state index >= 15 is 0 Å². The fraction of sp³-hybridized carbons (Fsp3) is 0.900. The van der Waals surface area contributed by atoms with Crippen LogP contribution in [0.25, 0.3) is 0 Å². The van der Waals surface area contributed by atoms with Gasteiger partial charge in [-0.3, -0.25) is 14.7 Å². The van der Waals surface area contributed by atoms with Crippen LogP contribution >= 0.6 is 24.0 Å². The summed E-state index contributed by atoms with van der Waals surface area (Å²) in [6.07, 6.45) is 12.6. The van der Waals surface area contributed by atoms with Crippen LogP contribution < -0.4 is 10.6 Å². The quantitative estimate of drug-likeness (QED) is 0.188. The lowest BCUT2D eigenvalue weighted by Gasteiger charge is -2.24. The van der Waals surface area contributed by atoms with Gasteiger partial charge in [-0.2, -0.15) is 0 Å². The van der Waals surface area contributed by atoms with E-state index in [9.17, 15) is 4.79 Å². The smallest absolute Gasteiger partial charge is 0.306 e. The largest absolute Gasteiger partial charge is 0.462 e. The Morgan fingerprint density at radius 2 is 1.81 bits per heavy atom. The highest BCUT2D eigenvalue weighted by atomic mass is 127. The van der Waals surface area contributed by atoms with E-state index < -0.39 is 0 Å². The lowest BCUT2D eigenvalue weighted by Crippen LogP contribution is -2.45. The van der Waals surface area contributed by atoms with Crippen molar-refractivity contribution in [2.75, 3.05) is 26.7 Å². The normalized spacial score (nSPS) is 24.8. The number of carbonyl (C=O) groups is 1. The minimum Gasteiger partial charge on any atom is -0.462 e. The number of hydrogen-bond donors (Lipinski definition) is 2. The van der Waals surface area contributed by atoms with E-state index in [0.717, 1.165) is 44.4 Å².